The van der Waals surface area contributed by atoms with E-state index in [1.165, 1.54) is 16.9 Å². The molecule has 1 aliphatic rings. The number of hydrogen-bond donors (Lipinski definition) is 1. The molecule has 0 aliphatic heterocycles. The smallest absolute Gasteiger partial charge is 0.262 e. The van der Waals surface area contributed by atoms with Gasteiger partial charge in [0, 0.05) is 4.88 Å². The topological polar surface area (TPSA) is 68.0 Å². The monoisotopic (exact) mass is 347 g/mol. The van der Waals surface area contributed by atoms with E-state index in [9.17, 15) is 4.79 Å². The summed E-state index contributed by atoms with van der Waals surface area (Å²) in [5.74, 6) is 1.63. The number of carbonyl (C=O) groups excluding carboxylic acids is 1. The van der Waals surface area contributed by atoms with E-state index in [0.29, 0.717) is 23.0 Å². The van der Waals surface area contributed by atoms with Gasteiger partial charge in [0.05, 0.1) is 4.88 Å². The second-order valence-electron chi connectivity index (χ2n) is 7.74. The number of hydrogen-bond acceptors (Lipinski definition) is 5. The number of rotatable bonds is 3. The van der Waals surface area contributed by atoms with Crippen molar-refractivity contribution < 1.29 is 9.32 Å². The van der Waals surface area contributed by atoms with Gasteiger partial charge in [-0.15, -0.1) is 11.3 Å². The van der Waals surface area contributed by atoms with Crippen LogP contribution in [0.25, 0.3) is 0 Å². The van der Waals surface area contributed by atoms with E-state index in [1.54, 1.807) is 18.3 Å². The molecule has 24 heavy (non-hydrogen) atoms. The summed E-state index contributed by atoms with van der Waals surface area (Å²) in [6.45, 7) is 10.5. The van der Waals surface area contributed by atoms with Gasteiger partial charge in [0.25, 0.3) is 5.91 Å². The number of thiophene rings is 1. The fraction of sp³-hybridized carbons (Fsp3) is 0.611. The SMILES string of the molecule is Cc1noc([C@H](C)NC(=O)c2cc3c(s2)CC[C@@H](C(C)(C)C)C3)n1. The molecule has 0 fully saturated rings. The van der Waals surface area contributed by atoms with Gasteiger partial charge in [-0.3, -0.25) is 4.79 Å². The van der Waals surface area contributed by atoms with Gasteiger partial charge in [-0.25, -0.2) is 0 Å². The maximum atomic E-state index is 12.5. The van der Waals surface area contributed by atoms with Crippen LogP contribution in [-0.2, 0) is 12.8 Å². The van der Waals surface area contributed by atoms with Crippen molar-refractivity contribution in [3.63, 3.8) is 0 Å². The van der Waals surface area contributed by atoms with Crippen LogP contribution in [0.4, 0.5) is 0 Å². The fourth-order valence-corrected chi connectivity index (χ4v) is 4.30. The van der Waals surface area contributed by atoms with Gasteiger partial charge < -0.3 is 9.84 Å². The third-order valence-corrected chi connectivity index (χ3v) is 6.03. The van der Waals surface area contributed by atoms with Crippen molar-refractivity contribution in [3.8, 4) is 0 Å². The summed E-state index contributed by atoms with van der Waals surface area (Å²) in [4.78, 5) is 18.8. The van der Waals surface area contributed by atoms with Crippen LogP contribution in [-0.4, -0.2) is 16.0 Å². The van der Waals surface area contributed by atoms with Crippen LogP contribution >= 0.6 is 11.3 Å². The molecular formula is C18H25N3O2S. The van der Waals surface area contributed by atoms with Gasteiger partial charge in [-0.05, 0) is 56.1 Å². The first-order chi connectivity index (χ1) is 11.2. The Morgan fingerprint density at radius 2 is 2.21 bits per heavy atom. The van der Waals surface area contributed by atoms with E-state index in [4.69, 9.17) is 4.52 Å². The third kappa shape index (κ3) is 3.53. The molecule has 0 bridgehead atoms. The number of aryl methyl sites for hydroxylation is 2. The molecule has 5 nitrogen and oxygen atoms in total. The molecule has 2 heterocycles. The lowest BCUT2D eigenvalue weighted by atomic mass is 9.72. The largest absolute Gasteiger partial charge is 0.340 e. The van der Waals surface area contributed by atoms with Gasteiger partial charge in [-0.1, -0.05) is 25.9 Å². The summed E-state index contributed by atoms with van der Waals surface area (Å²) in [5.41, 5.74) is 1.66. The minimum atomic E-state index is -0.292. The Labute approximate surface area is 146 Å². The lowest BCUT2D eigenvalue weighted by molar-refractivity contribution is 0.0936. The van der Waals surface area contributed by atoms with Crippen LogP contribution in [0.5, 0.6) is 0 Å². The molecular weight excluding hydrogens is 322 g/mol. The van der Waals surface area contributed by atoms with Crippen molar-refractivity contribution in [3.05, 3.63) is 33.1 Å². The molecule has 1 aliphatic carbocycles. The minimum Gasteiger partial charge on any atom is -0.340 e. The molecule has 2 aromatic heterocycles. The number of aromatic nitrogens is 2. The highest BCUT2D eigenvalue weighted by molar-refractivity contribution is 7.14. The normalized spacial score (nSPS) is 19.0. The first kappa shape index (κ1) is 17.1. The molecule has 3 rings (SSSR count). The van der Waals surface area contributed by atoms with E-state index < -0.39 is 0 Å². The molecule has 0 saturated carbocycles. The zero-order chi connectivity index (χ0) is 17.5. The summed E-state index contributed by atoms with van der Waals surface area (Å²) < 4.78 is 5.12. The molecule has 2 aromatic rings. The Hall–Kier alpha value is -1.69. The maximum absolute atomic E-state index is 12.5. The fourth-order valence-electron chi connectivity index (χ4n) is 3.19. The van der Waals surface area contributed by atoms with Gasteiger partial charge in [0.15, 0.2) is 5.82 Å². The number of fused-ring (bicyclic) bond motifs is 1. The average Bonchev–Trinajstić information content (AvgIpc) is 3.11. The average molecular weight is 347 g/mol. The van der Waals surface area contributed by atoms with E-state index in [0.717, 1.165) is 17.7 Å². The lowest BCUT2D eigenvalue weighted by Gasteiger charge is -2.33. The van der Waals surface area contributed by atoms with Crippen LogP contribution in [0.15, 0.2) is 10.6 Å². The van der Waals surface area contributed by atoms with Gasteiger partial charge in [-0.2, -0.15) is 4.98 Å². The maximum Gasteiger partial charge on any atom is 0.262 e. The number of nitrogens with one attached hydrogen (secondary N) is 1. The van der Waals surface area contributed by atoms with E-state index >= 15 is 0 Å². The first-order valence-corrected chi connectivity index (χ1v) is 9.28. The molecule has 0 aromatic carbocycles. The molecule has 0 unspecified atom stereocenters. The Morgan fingerprint density at radius 3 is 2.83 bits per heavy atom. The highest BCUT2D eigenvalue weighted by atomic mass is 32.1. The van der Waals surface area contributed by atoms with Crippen LogP contribution in [0.3, 0.4) is 0 Å². The minimum absolute atomic E-state index is 0.0648. The van der Waals surface area contributed by atoms with Gasteiger partial charge >= 0.3 is 0 Å². The number of carbonyl (C=O) groups is 1. The molecule has 0 saturated heterocycles. The zero-order valence-electron chi connectivity index (χ0n) is 15.0. The Kier molecular flexibility index (Phi) is 4.51. The summed E-state index contributed by atoms with van der Waals surface area (Å²) in [6, 6.07) is 1.78. The number of amides is 1. The van der Waals surface area contributed by atoms with Gasteiger partial charge in [0.1, 0.15) is 6.04 Å². The summed E-state index contributed by atoms with van der Waals surface area (Å²) in [5, 5.41) is 6.72. The highest BCUT2D eigenvalue weighted by Gasteiger charge is 2.30. The summed E-state index contributed by atoms with van der Waals surface area (Å²) in [7, 11) is 0. The van der Waals surface area contributed by atoms with Crippen LogP contribution in [0.1, 0.15) is 72.0 Å². The molecule has 2 atom stereocenters. The molecule has 130 valence electrons. The van der Waals surface area contributed by atoms with Crippen molar-refractivity contribution in [2.45, 2.75) is 59.9 Å². The Morgan fingerprint density at radius 1 is 1.46 bits per heavy atom. The van der Waals surface area contributed by atoms with E-state index in [-0.39, 0.29) is 11.9 Å². The van der Waals surface area contributed by atoms with E-state index in [1.807, 2.05) is 6.92 Å². The molecule has 0 spiro atoms. The molecule has 6 heteroatoms. The first-order valence-electron chi connectivity index (χ1n) is 8.46. The third-order valence-electron chi connectivity index (χ3n) is 4.79. The van der Waals surface area contributed by atoms with Crippen molar-refractivity contribution in [2.24, 2.45) is 11.3 Å². The Bertz CT molecular complexity index is 742. The second kappa shape index (κ2) is 6.31. The van der Waals surface area contributed by atoms with Crippen molar-refractivity contribution in [2.75, 3.05) is 0 Å². The van der Waals surface area contributed by atoms with Crippen molar-refractivity contribution in [1.29, 1.82) is 0 Å². The summed E-state index contributed by atoms with van der Waals surface area (Å²) in [6.07, 6.45) is 3.35. The Balaban J connectivity index is 1.70. The molecule has 1 N–H and O–H groups in total. The number of nitrogens with zero attached hydrogens (tertiary/aromatic N) is 2. The lowest BCUT2D eigenvalue weighted by Crippen LogP contribution is -2.26. The predicted octanol–water partition coefficient (Wildman–Crippen LogP) is 4.08. The van der Waals surface area contributed by atoms with E-state index in [2.05, 4.69) is 42.3 Å². The van der Waals surface area contributed by atoms with Crippen molar-refractivity contribution in [1.82, 2.24) is 15.5 Å². The van der Waals surface area contributed by atoms with Crippen LogP contribution < -0.4 is 5.32 Å². The highest BCUT2D eigenvalue weighted by Crippen LogP contribution is 2.40. The molecule has 1 amide bonds. The van der Waals surface area contributed by atoms with Crippen LogP contribution in [0, 0.1) is 18.3 Å². The predicted molar refractivity (Wildman–Crippen MR) is 94.2 cm³/mol. The second-order valence-corrected chi connectivity index (χ2v) is 8.88. The standard InChI is InChI=1S/C18H25N3O2S/c1-10(17-20-11(2)21-23-17)19-16(22)15-9-12-8-13(18(3,4)5)6-7-14(12)24-15/h9-10,13H,6-8H2,1-5H3,(H,19,22)/t10-,13+/m0/s1. The van der Waals surface area contributed by atoms with Crippen LogP contribution in [0.2, 0.25) is 0 Å². The summed E-state index contributed by atoms with van der Waals surface area (Å²) >= 11 is 1.62. The molecule has 0 radical (unpaired) electrons. The quantitative estimate of drug-likeness (QED) is 0.908. The van der Waals surface area contributed by atoms with Crippen molar-refractivity contribution >= 4 is 17.2 Å². The van der Waals surface area contributed by atoms with Gasteiger partial charge in [0.2, 0.25) is 5.89 Å². The zero-order valence-corrected chi connectivity index (χ0v) is 15.8.